The minimum absolute atomic E-state index is 0.177. The van der Waals surface area contributed by atoms with Crippen molar-refractivity contribution in [2.24, 2.45) is 17.3 Å². The predicted octanol–water partition coefficient (Wildman–Crippen LogP) is 3.57. The Morgan fingerprint density at radius 3 is 2.50 bits per heavy atom. The molecular weight excluding hydrogens is 200 g/mol. The molecule has 0 heterocycles. The van der Waals surface area contributed by atoms with Crippen molar-refractivity contribution in [1.82, 2.24) is 0 Å². The van der Waals surface area contributed by atoms with Gasteiger partial charge in [-0.1, -0.05) is 34.6 Å². The molecule has 2 heteroatoms. The minimum atomic E-state index is 0.177. The predicted molar refractivity (Wildman–Crippen MR) is 66.1 cm³/mol. The van der Waals surface area contributed by atoms with E-state index in [1.165, 1.54) is 0 Å². The molecule has 0 amide bonds. The monoisotopic (exact) mass is 224 g/mol. The van der Waals surface area contributed by atoms with Crippen LogP contribution in [-0.2, 0) is 9.53 Å². The molecule has 0 N–H and O–H groups in total. The van der Waals surface area contributed by atoms with E-state index in [1.54, 1.807) is 6.08 Å². The molecule has 0 radical (unpaired) electrons. The Balaban J connectivity index is 2.62. The van der Waals surface area contributed by atoms with Crippen LogP contribution in [0.5, 0.6) is 0 Å². The highest BCUT2D eigenvalue weighted by Crippen LogP contribution is 2.37. The summed E-state index contributed by atoms with van der Waals surface area (Å²) in [5, 5.41) is 0. The summed E-state index contributed by atoms with van der Waals surface area (Å²) in [6.07, 6.45) is 3.25. The van der Waals surface area contributed by atoms with E-state index in [1.807, 2.05) is 0 Å². The molecule has 0 saturated carbocycles. The van der Waals surface area contributed by atoms with Gasteiger partial charge < -0.3 is 4.74 Å². The lowest BCUT2D eigenvalue weighted by molar-refractivity contribution is -0.117. The Hall–Kier alpha value is -0.790. The number of hydrogen-bond acceptors (Lipinski definition) is 2. The van der Waals surface area contributed by atoms with E-state index in [0.29, 0.717) is 24.9 Å². The molecule has 2 nitrogen and oxygen atoms in total. The summed E-state index contributed by atoms with van der Waals surface area (Å²) in [4.78, 5) is 11.6. The average Bonchev–Trinajstić information content (AvgIpc) is 2.12. The fraction of sp³-hybridized carbons (Fsp3) is 0.786. The molecule has 0 spiro atoms. The zero-order valence-corrected chi connectivity index (χ0v) is 11.2. The Morgan fingerprint density at radius 1 is 1.38 bits per heavy atom. The first-order valence-corrected chi connectivity index (χ1v) is 6.15. The number of carbonyl (C=O) groups is 1. The SMILES string of the molecule is CC(C)COC1=CC(=O)CC(C(C)(C)C)C1. The van der Waals surface area contributed by atoms with Crippen molar-refractivity contribution in [2.45, 2.75) is 47.5 Å². The average molecular weight is 224 g/mol. The van der Waals surface area contributed by atoms with Crippen molar-refractivity contribution in [2.75, 3.05) is 6.61 Å². The highest BCUT2D eigenvalue weighted by Gasteiger charge is 2.31. The molecular formula is C14H24O2. The van der Waals surface area contributed by atoms with E-state index in [4.69, 9.17) is 4.74 Å². The third kappa shape index (κ3) is 3.99. The highest BCUT2D eigenvalue weighted by atomic mass is 16.5. The van der Waals surface area contributed by atoms with Crippen molar-refractivity contribution in [1.29, 1.82) is 0 Å². The second-order valence-electron chi connectivity index (χ2n) is 6.25. The van der Waals surface area contributed by atoms with E-state index in [2.05, 4.69) is 34.6 Å². The van der Waals surface area contributed by atoms with Gasteiger partial charge in [0.1, 0.15) is 0 Å². The first-order valence-electron chi connectivity index (χ1n) is 6.15. The van der Waals surface area contributed by atoms with Gasteiger partial charge in [-0.3, -0.25) is 4.79 Å². The number of rotatable bonds is 3. The first-order chi connectivity index (χ1) is 7.29. The lowest BCUT2D eigenvalue weighted by Crippen LogP contribution is -2.27. The second kappa shape index (κ2) is 5.03. The maximum absolute atomic E-state index is 11.6. The lowest BCUT2D eigenvalue weighted by atomic mass is 9.73. The van der Waals surface area contributed by atoms with Crippen LogP contribution in [0, 0.1) is 17.3 Å². The van der Waals surface area contributed by atoms with Crippen LogP contribution < -0.4 is 0 Å². The molecule has 0 saturated heterocycles. The molecule has 1 aliphatic carbocycles. The molecule has 1 atom stereocenters. The van der Waals surface area contributed by atoms with Crippen molar-refractivity contribution in [3.8, 4) is 0 Å². The van der Waals surface area contributed by atoms with Gasteiger partial charge in [-0.15, -0.1) is 0 Å². The zero-order chi connectivity index (χ0) is 12.3. The van der Waals surface area contributed by atoms with Crippen LogP contribution in [0.4, 0.5) is 0 Å². The summed E-state index contributed by atoms with van der Waals surface area (Å²) in [6.45, 7) is 11.5. The first kappa shape index (κ1) is 13.3. The third-order valence-corrected chi connectivity index (χ3v) is 3.04. The summed E-state index contributed by atoms with van der Waals surface area (Å²) in [6, 6.07) is 0. The summed E-state index contributed by atoms with van der Waals surface area (Å²) in [5.74, 6) is 2.01. The summed E-state index contributed by atoms with van der Waals surface area (Å²) in [7, 11) is 0. The zero-order valence-electron chi connectivity index (χ0n) is 11.2. The van der Waals surface area contributed by atoms with Crippen molar-refractivity contribution < 1.29 is 9.53 Å². The van der Waals surface area contributed by atoms with Gasteiger partial charge in [0.05, 0.1) is 12.4 Å². The van der Waals surface area contributed by atoms with Crippen LogP contribution in [0.1, 0.15) is 47.5 Å². The number of allylic oxidation sites excluding steroid dienone is 2. The van der Waals surface area contributed by atoms with E-state index >= 15 is 0 Å². The van der Waals surface area contributed by atoms with Gasteiger partial charge in [0.15, 0.2) is 5.78 Å². The molecule has 92 valence electrons. The Kier molecular flexibility index (Phi) is 4.17. The van der Waals surface area contributed by atoms with Crippen molar-refractivity contribution in [3.63, 3.8) is 0 Å². The number of hydrogen-bond donors (Lipinski definition) is 0. The molecule has 1 unspecified atom stereocenters. The summed E-state index contributed by atoms with van der Waals surface area (Å²) >= 11 is 0. The van der Waals surface area contributed by atoms with Crippen LogP contribution in [0.15, 0.2) is 11.8 Å². The van der Waals surface area contributed by atoms with Gasteiger partial charge in [-0.05, 0) is 17.3 Å². The van der Waals surface area contributed by atoms with E-state index < -0.39 is 0 Å². The van der Waals surface area contributed by atoms with Crippen LogP contribution in [0.2, 0.25) is 0 Å². The van der Waals surface area contributed by atoms with E-state index in [9.17, 15) is 4.79 Å². The highest BCUT2D eigenvalue weighted by molar-refractivity contribution is 5.91. The number of ether oxygens (including phenoxy) is 1. The van der Waals surface area contributed by atoms with Gasteiger partial charge >= 0.3 is 0 Å². The molecule has 0 aromatic heterocycles. The fourth-order valence-electron chi connectivity index (χ4n) is 1.84. The minimum Gasteiger partial charge on any atom is -0.498 e. The van der Waals surface area contributed by atoms with Gasteiger partial charge in [-0.2, -0.15) is 0 Å². The Morgan fingerprint density at radius 2 is 2.00 bits per heavy atom. The molecule has 1 rings (SSSR count). The van der Waals surface area contributed by atoms with Gasteiger partial charge in [0.25, 0.3) is 0 Å². The van der Waals surface area contributed by atoms with Crippen LogP contribution in [0.3, 0.4) is 0 Å². The maximum atomic E-state index is 11.6. The summed E-state index contributed by atoms with van der Waals surface area (Å²) < 4.78 is 5.68. The topological polar surface area (TPSA) is 26.3 Å². The molecule has 0 aromatic rings. The molecule has 16 heavy (non-hydrogen) atoms. The number of carbonyl (C=O) groups excluding carboxylic acids is 1. The summed E-state index contributed by atoms with van der Waals surface area (Å²) in [5.41, 5.74) is 0.177. The standard InChI is InChI=1S/C14H24O2/c1-10(2)9-16-13-7-11(14(3,4)5)6-12(15)8-13/h8,10-11H,6-7,9H2,1-5H3. The Labute approximate surface area is 99.1 Å². The molecule has 0 aromatic carbocycles. The fourth-order valence-corrected chi connectivity index (χ4v) is 1.84. The van der Waals surface area contributed by atoms with E-state index in [-0.39, 0.29) is 11.2 Å². The second-order valence-corrected chi connectivity index (χ2v) is 6.25. The lowest BCUT2D eigenvalue weighted by Gasteiger charge is -2.33. The van der Waals surface area contributed by atoms with Gasteiger partial charge in [0, 0.05) is 18.9 Å². The van der Waals surface area contributed by atoms with Crippen molar-refractivity contribution in [3.05, 3.63) is 11.8 Å². The van der Waals surface area contributed by atoms with Crippen LogP contribution >= 0.6 is 0 Å². The maximum Gasteiger partial charge on any atom is 0.159 e. The van der Waals surface area contributed by atoms with E-state index in [0.717, 1.165) is 12.2 Å². The Bertz CT molecular complexity index is 282. The normalized spacial score (nSPS) is 22.2. The molecule has 1 aliphatic rings. The number of ketones is 1. The third-order valence-electron chi connectivity index (χ3n) is 3.04. The molecule has 0 fully saturated rings. The smallest absolute Gasteiger partial charge is 0.159 e. The molecule has 0 aliphatic heterocycles. The largest absolute Gasteiger partial charge is 0.498 e. The van der Waals surface area contributed by atoms with Crippen LogP contribution in [-0.4, -0.2) is 12.4 Å². The van der Waals surface area contributed by atoms with Gasteiger partial charge in [-0.25, -0.2) is 0 Å². The molecule has 0 bridgehead atoms. The quantitative estimate of drug-likeness (QED) is 0.732. The van der Waals surface area contributed by atoms with Crippen LogP contribution in [0.25, 0.3) is 0 Å². The van der Waals surface area contributed by atoms with Crippen molar-refractivity contribution >= 4 is 5.78 Å². The van der Waals surface area contributed by atoms with Gasteiger partial charge in [0.2, 0.25) is 0 Å².